The lowest BCUT2D eigenvalue weighted by Crippen LogP contribution is -2.38. The van der Waals surface area contributed by atoms with E-state index in [4.69, 9.17) is 0 Å². The number of aryl methyl sites for hydroxylation is 1. The fraction of sp³-hybridized carbons (Fsp3) is 0.310. The Morgan fingerprint density at radius 1 is 1.12 bits per heavy atom. The van der Waals surface area contributed by atoms with Crippen LogP contribution in [0.15, 0.2) is 60.9 Å². The lowest BCUT2D eigenvalue weighted by atomic mass is 9.78. The van der Waals surface area contributed by atoms with Gasteiger partial charge in [-0.1, -0.05) is 24.3 Å². The molecule has 2 aromatic carbocycles. The highest BCUT2D eigenvalue weighted by Crippen LogP contribution is 2.43. The number of halogens is 3. The topological polar surface area (TPSA) is 120 Å². The first-order valence-electron chi connectivity index (χ1n) is 13.0. The molecular formula is C29H28F3N5O3S. The number of rotatable bonds is 7. The Morgan fingerprint density at radius 3 is 2.61 bits per heavy atom. The van der Waals surface area contributed by atoms with Gasteiger partial charge in [0.2, 0.25) is 11.9 Å². The smallest absolute Gasteiger partial charge is 0.433 e. The average molecular weight is 584 g/mol. The monoisotopic (exact) mass is 583 g/mol. The molecular weight excluding hydrogens is 555 g/mol. The van der Waals surface area contributed by atoms with E-state index in [1.807, 2.05) is 13.0 Å². The van der Waals surface area contributed by atoms with Crippen molar-refractivity contribution in [3.63, 3.8) is 0 Å². The second-order valence-corrected chi connectivity index (χ2v) is 11.2. The van der Waals surface area contributed by atoms with Gasteiger partial charge in [0.15, 0.2) is 0 Å². The molecule has 1 aliphatic rings. The standard InChI is InChI=1S/C29H28F3N5O3S/c1-17-12-20(14-21(13-17)36-27-33-11-8-24(37-27)29(30,31)32)23-16-35-26(41-23)28(40)9-6-18(7-10-28)25(39)34-15-19-4-2-3-5-22(19)38/h2-5,8,11-14,16,18,38,40H,6-7,9-10,15H2,1H3,(H,34,39)(H,33,36,37). The fourth-order valence-electron chi connectivity index (χ4n) is 4.88. The number of anilines is 2. The first kappa shape index (κ1) is 28.5. The molecule has 0 radical (unpaired) electrons. The molecule has 1 fully saturated rings. The number of carbonyl (C=O) groups is 1. The summed E-state index contributed by atoms with van der Waals surface area (Å²) < 4.78 is 39.1. The van der Waals surface area contributed by atoms with Crippen molar-refractivity contribution in [3.8, 4) is 16.2 Å². The van der Waals surface area contributed by atoms with Gasteiger partial charge in [-0.05, 0) is 68.0 Å². The van der Waals surface area contributed by atoms with Crippen LogP contribution < -0.4 is 10.6 Å². The molecule has 8 nitrogen and oxygen atoms in total. The van der Waals surface area contributed by atoms with Crippen molar-refractivity contribution in [2.45, 2.75) is 50.9 Å². The van der Waals surface area contributed by atoms with E-state index < -0.39 is 17.5 Å². The van der Waals surface area contributed by atoms with Gasteiger partial charge < -0.3 is 20.8 Å². The number of aromatic nitrogens is 3. The van der Waals surface area contributed by atoms with Crippen LogP contribution in [-0.4, -0.2) is 31.1 Å². The lowest BCUT2D eigenvalue weighted by Gasteiger charge is -2.33. The molecule has 214 valence electrons. The van der Waals surface area contributed by atoms with E-state index in [-0.39, 0.29) is 30.1 Å². The molecule has 0 atom stereocenters. The molecule has 0 saturated heterocycles. The Kier molecular flexibility index (Phi) is 7.96. The van der Waals surface area contributed by atoms with E-state index in [9.17, 15) is 28.2 Å². The molecule has 4 N–H and O–H groups in total. The van der Waals surface area contributed by atoms with Crippen molar-refractivity contribution < 1.29 is 28.2 Å². The minimum Gasteiger partial charge on any atom is -0.508 e. The van der Waals surface area contributed by atoms with Crippen molar-refractivity contribution in [1.82, 2.24) is 20.3 Å². The number of hydrogen-bond donors (Lipinski definition) is 4. The molecule has 0 aliphatic heterocycles. The van der Waals surface area contributed by atoms with Gasteiger partial charge in [0, 0.05) is 36.1 Å². The van der Waals surface area contributed by atoms with Crippen LogP contribution >= 0.6 is 11.3 Å². The normalized spacial score (nSPS) is 19.1. The second-order valence-electron chi connectivity index (χ2n) is 10.2. The summed E-state index contributed by atoms with van der Waals surface area (Å²) in [5.74, 6) is -0.397. The zero-order valence-corrected chi connectivity index (χ0v) is 22.9. The fourth-order valence-corrected chi connectivity index (χ4v) is 5.93. The minimum absolute atomic E-state index is 0.111. The number of amides is 1. The highest BCUT2D eigenvalue weighted by Gasteiger charge is 2.39. The summed E-state index contributed by atoms with van der Waals surface area (Å²) in [7, 11) is 0. The summed E-state index contributed by atoms with van der Waals surface area (Å²) in [5, 5.41) is 27.6. The summed E-state index contributed by atoms with van der Waals surface area (Å²) in [4.78, 5) is 25.5. The molecule has 0 spiro atoms. The van der Waals surface area contributed by atoms with Crippen LogP contribution in [0.4, 0.5) is 24.8 Å². The number of alkyl halides is 3. The van der Waals surface area contributed by atoms with Crippen LogP contribution in [0.25, 0.3) is 10.4 Å². The number of nitrogens with one attached hydrogen (secondary N) is 2. The van der Waals surface area contributed by atoms with E-state index in [1.54, 1.807) is 42.6 Å². The third-order valence-electron chi connectivity index (χ3n) is 7.10. The number of phenolic OH excluding ortho intramolecular Hbond substituents is 1. The van der Waals surface area contributed by atoms with Crippen LogP contribution in [-0.2, 0) is 23.1 Å². The second kappa shape index (κ2) is 11.5. The van der Waals surface area contributed by atoms with Crippen molar-refractivity contribution in [2.75, 3.05) is 5.32 Å². The van der Waals surface area contributed by atoms with Crippen molar-refractivity contribution in [3.05, 3.63) is 82.8 Å². The van der Waals surface area contributed by atoms with Crippen LogP contribution in [0, 0.1) is 12.8 Å². The first-order chi connectivity index (χ1) is 19.5. The zero-order chi connectivity index (χ0) is 29.2. The van der Waals surface area contributed by atoms with Crippen LogP contribution in [0.3, 0.4) is 0 Å². The highest BCUT2D eigenvalue weighted by atomic mass is 32.1. The predicted octanol–water partition coefficient (Wildman–Crippen LogP) is 6.07. The number of benzene rings is 2. The van der Waals surface area contributed by atoms with Crippen molar-refractivity contribution >= 4 is 28.9 Å². The van der Waals surface area contributed by atoms with E-state index in [0.717, 1.165) is 28.3 Å². The predicted molar refractivity (Wildman–Crippen MR) is 148 cm³/mol. The zero-order valence-electron chi connectivity index (χ0n) is 22.1. The van der Waals surface area contributed by atoms with Crippen LogP contribution in [0.2, 0.25) is 0 Å². The van der Waals surface area contributed by atoms with E-state index in [1.165, 1.54) is 11.3 Å². The maximum atomic E-state index is 13.0. The van der Waals surface area contributed by atoms with E-state index >= 15 is 0 Å². The molecule has 2 heterocycles. The maximum Gasteiger partial charge on any atom is 0.433 e. The molecule has 4 aromatic rings. The highest BCUT2D eigenvalue weighted by molar-refractivity contribution is 7.15. The van der Waals surface area contributed by atoms with Gasteiger partial charge in [-0.2, -0.15) is 13.2 Å². The third kappa shape index (κ3) is 6.66. The van der Waals surface area contributed by atoms with Gasteiger partial charge in [0.1, 0.15) is 22.1 Å². The number of carbonyl (C=O) groups excluding carboxylic acids is 1. The van der Waals surface area contributed by atoms with Gasteiger partial charge in [-0.25, -0.2) is 15.0 Å². The maximum absolute atomic E-state index is 13.0. The number of aliphatic hydroxyl groups is 1. The third-order valence-corrected chi connectivity index (χ3v) is 8.34. The Labute approximate surface area is 238 Å². The van der Waals surface area contributed by atoms with Crippen molar-refractivity contribution in [1.29, 1.82) is 0 Å². The molecule has 1 aliphatic carbocycles. The molecule has 1 amide bonds. The van der Waals surface area contributed by atoms with E-state index in [0.29, 0.717) is 41.9 Å². The molecule has 12 heteroatoms. The molecule has 1 saturated carbocycles. The Hall–Kier alpha value is -4.03. The first-order valence-corrected chi connectivity index (χ1v) is 13.8. The van der Waals surface area contributed by atoms with Gasteiger partial charge >= 0.3 is 6.18 Å². The molecule has 41 heavy (non-hydrogen) atoms. The number of thiazole rings is 1. The van der Waals surface area contributed by atoms with Crippen molar-refractivity contribution in [2.24, 2.45) is 5.92 Å². The lowest BCUT2D eigenvalue weighted by molar-refractivity contribution is -0.141. The van der Waals surface area contributed by atoms with E-state index in [2.05, 4.69) is 25.6 Å². The molecule has 5 rings (SSSR count). The van der Waals surface area contributed by atoms with Gasteiger partial charge in [0.25, 0.3) is 0 Å². The number of nitrogens with zero attached hydrogens (tertiary/aromatic N) is 3. The number of aromatic hydroxyl groups is 1. The molecule has 2 aromatic heterocycles. The molecule has 0 unspecified atom stereocenters. The van der Waals surface area contributed by atoms with Crippen LogP contribution in [0.1, 0.15) is 47.5 Å². The minimum atomic E-state index is -4.58. The summed E-state index contributed by atoms with van der Waals surface area (Å²) in [6, 6.07) is 13.1. The Bertz CT molecular complexity index is 1550. The summed E-state index contributed by atoms with van der Waals surface area (Å²) in [6.45, 7) is 2.10. The summed E-state index contributed by atoms with van der Waals surface area (Å²) in [5.41, 5.74) is 0.605. The van der Waals surface area contributed by atoms with Gasteiger partial charge in [-0.3, -0.25) is 4.79 Å². The SMILES string of the molecule is Cc1cc(Nc2nccc(C(F)(F)F)n2)cc(-c2cnc(C3(O)CCC(C(=O)NCc4ccccc4O)CC3)s2)c1. The number of para-hydroxylation sites is 1. The van der Waals surface area contributed by atoms with Gasteiger partial charge in [0.05, 0.1) is 4.88 Å². The van der Waals surface area contributed by atoms with Crippen LogP contribution in [0.5, 0.6) is 5.75 Å². The number of phenols is 1. The molecule has 0 bridgehead atoms. The average Bonchev–Trinajstić information content (AvgIpc) is 3.44. The quantitative estimate of drug-likeness (QED) is 0.208. The summed E-state index contributed by atoms with van der Waals surface area (Å²) >= 11 is 1.34. The number of hydrogen-bond acceptors (Lipinski definition) is 8. The Balaban J connectivity index is 1.24. The van der Waals surface area contributed by atoms with Gasteiger partial charge in [-0.15, -0.1) is 11.3 Å². The largest absolute Gasteiger partial charge is 0.508 e. The Morgan fingerprint density at radius 2 is 1.88 bits per heavy atom. The summed E-state index contributed by atoms with van der Waals surface area (Å²) in [6.07, 6.45) is -0.114.